The van der Waals surface area contributed by atoms with Crippen LogP contribution in [-0.2, 0) is 6.42 Å². The van der Waals surface area contributed by atoms with Crippen LogP contribution in [0.15, 0.2) is 36.7 Å². The molecule has 130 valence electrons. The van der Waals surface area contributed by atoms with Crippen LogP contribution in [0.4, 0.5) is 0 Å². The zero-order chi connectivity index (χ0) is 16.9. The van der Waals surface area contributed by atoms with Gasteiger partial charge in [0.05, 0.1) is 0 Å². The number of hydrogen-bond donors (Lipinski definition) is 0. The molecule has 3 nitrogen and oxygen atoms in total. The van der Waals surface area contributed by atoms with E-state index >= 15 is 0 Å². The molecule has 0 saturated heterocycles. The van der Waals surface area contributed by atoms with Crippen LogP contribution in [0.2, 0.25) is 0 Å². The Hall–Kier alpha value is -1.77. The Bertz CT molecular complexity index is 554. The first kappa shape index (κ1) is 18.6. The van der Waals surface area contributed by atoms with Gasteiger partial charge in [0.25, 0.3) is 0 Å². The molecule has 2 rings (SSSR count). The molecule has 0 amide bonds. The lowest BCUT2D eigenvalue weighted by atomic mass is 10.1. The minimum Gasteiger partial charge on any atom is -0.249 e. The van der Waals surface area contributed by atoms with Crippen LogP contribution in [-0.4, -0.2) is 15.0 Å². The van der Waals surface area contributed by atoms with Gasteiger partial charge in [-0.1, -0.05) is 70.8 Å². The molecule has 0 atom stereocenters. The van der Waals surface area contributed by atoms with Crippen LogP contribution < -0.4 is 0 Å². The fourth-order valence-electron chi connectivity index (χ4n) is 2.97. The molecule has 0 saturated carbocycles. The minimum atomic E-state index is 0.711. The first-order valence-electron chi connectivity index (χ1n) is 9.63. The predicted octanol–water partition coefficient (Wildman–Crippen LogP) is 6.00. The van der Waals surface area contributed by atoms with Gasteiger partial charge in [0.1, 0.15) is 5.69 Å². The van der Waals surface area contributed by atoms with Gasteiger partial charge in [-0.2, -0.15) is 0 Å². The van der Waals surface area contributed by atoms with E-state index in [2.05, 4.69) is 29.0 Å². The molecule has 24 heavy (non-hydrogen) atoms. The van der Waals surface area contributed by atoms with Crippen molar-refractivity contribution in [2.45, 2.75) is 77.6 Å². The average molecular weight is 326 g/mol. The SMILES string of the molecule is CCCCCCCCCCCCc1cccc(-c2ncccn2)n1. The number of nitrogens with zero attached hydrogens (tertiary/aromatic N) is 3. The summed E-state index contributed by atoms with van der Waals surface area (Å²) in [6.07, 6.45) is 18.3. The highest BCUT2D eigenvalue weighted by Gasteiger charge is 2.03. The second-order valence-electron chi connectivity index (χ2n) is 6.52. The largest absolute Gasteiger partial charge is 0.249 e. The Balaban J connectivity index is 1.60. The molecule has 0 aliphatic rings. The van der Waals surface area contributed by atoms with Gasteiger partial charge in [-0.25, -0.2) is 15.0 Å². The van der Waals surface area contributed by atoms with Gasteiger partial charge in [-0.3, -0.25) is 0 Å². The summed E-state index contributed by atoms with van der Waals surface area (Å²) in [5, 5.41) is 0. The van der Waals surface area contributed by atoms with Crippen LogP contribution in [0.25, 0.3) is 11.5 Å². The number of aromatic nitrogens is 3. The summed E-state index contributed by atoms with van der Waals surface area (Å²) >= 11 is 0. The molecule has 2 heterocycles. The standard InChI is InChI=1S/C21H31N3/c1-2-3-4-5-6-7-8-9-10-11-14-19-15-12-16-20(24-19)21-22-17-13-18-23-21/h12-13,15-18H,2-11,14H2,1H3. The lowest BCUT2D eigenvalue weighted by Gasteiger charge is -2.04. The molecular weight excluding hydrogens is 294 g/mol. The molecular formula is C21H31N3. The topological polar surface area (TPSA) is 38.7 Å². The first-order chi connectivity index (χ1) is 11.9. The summed E-state index contributed by atoms with van der Waals surface area (Å²) < 4.78 is 0. The maximum absolute atomic E-state index is 4.69. The van der Waals surface area contributed by atoms with Crippen molar-refractivity contribution in [2.24, 2.45) is 0 Å². The smallest absolute Gasteiger partial charge is 0.178 e. The van der Waals surface area contributed by atoms with Gasteiger partial charge in [-0.05, 0) is 31.0 Å². The van der Waals surface area contributed by atoms with E-state index in [0.717, 1.165) is 17.8 Å². The molecule has 0 aromatic carbocycles. The third kappa shape index (κ3) is 7.20. The highest BCUT2D eigenvalue weighted by atomic mass is 14.9. The van der Waals surface area contributed by atoms with Crippen molar-refractivity contribution >= 4 is 0 Å². The second kappa shape index (κ2) is 11.7. The van der Waals surface area contributed by atoms with Crippen molar-refractivity contribution in [1.29, 1.82) is 0 Å². The fraction of sp³-hybridized carbons (Fsp3) is 0.571. The van der Waals surface area contributed by atoms with E-state index in [0.29, 0.717) is 5.82 Å². The van der Waals surface area contributed by atoms with Gasteiger partial charge in [0.2, 0.25) is 0 Å². The number of pyridine rings is 1. The highest BCUT2D eigenvalue weighted by molar-refractivity contribution is 5.48. The molecule has 2 aromatic rings. The van der Waals surface area contributed by atoms with E-state index in [-0.39, 0.29) is 0 Å². The fourth-order valence-corrected chi connectivity index (χ4v) is 2.97. The Kier molecular flexibility index (Phi) is 9.07. The van der Waals surface area contributed by atoms with E-state index in [1.54, 1.807) is 12.4 Å². The lowest BCUT2D eigenvalue weighted by molar-refractivity contribution is 0.555. The van der Waals surface area contributed by atoms with Gasteiger partial charge >= 0.3 is 0 Å². The van der Waals surface area contributed by atoms with Crippen molar-refractivity contribution < 1.29 is 0 Å². The first-order valence-corrected chi connectivity index (χ1v) is 9.63. The zero-order valence-corrected chi connectivity index (χ0v) is 15.1. The number of unbranched alkanes of at least 4 members (excludes halogenated alkanes) is 9. The summed E-state index contributed by atoms with van der Waals surface area (Å²) in [7, 11) is 0. The van der Waals surface area contributed by atoms with Crippen LogP contribution in [0.5, 0.6) is 0 Å². The normalized spacial score (nSPS) is 10.9. The number of hydrogen-bond acceptors (Lipinski definition) is 3. The molecule has 0 radical (unpaired) electrons. The number of aryl methyl sites for hydroxylation is 1. The van der Waals surface area contributed by atoms with Crippen molar-refractivity contribution in [2.75, 3.05) is 0 Å². The van der Waals surface area contributed by atoms with Gasteiger partial charge in [0, 0.05) is 18.1 Å². The summed E-state index contributed by atoms with van der Waals surface area (Å²) in [6.45, 7) is 2.28. The second-order valence-corrected chi connectivity index (χ2v) is 6.52. The van der Waals surface area contributed by atoms with Gasteiger partial charge in [-0.15, -0.1) is 0 Å². The van der Waals surface area contributed by atoms with E-state index in [9.17, 15) is 0 Å². The van der Waals surface area contributed by atoms with Gasteiger partial charge < -0.3 is 0 Å². The Labute approximate surface area is 147 Å². The quantitative estimate of drug-likeness (QED) is 0.449. The maximum Gasteiger partial charge on any atom is 0.178 e. The predicted molar refractivity (Wildman–Crippen MR) is 101 cm³/mol. The summed E-state index contributed by atoms with van der Waals surface area (Å²) in [4.78, 5) is 13.2. The molecule has 0 aliphatic heterocycles. The van der Waals surface area contributed by atoms with Crippen LogP contribution in [0, 0.1) is 0 Å². The van der Waals surface area contributed by atoms with Crippen LogP contribution in [0.1, 0.15) is 76.8 Å². The molecule has 2 aromatic heterocycles. The zero-order valence-electron chi connectivity index (χ0n) is 15.1. The molecule has 0 bridgehead atoms. The minimum absolute atomic E-state index is 0.711. The van der Waals surface area contributed by atoms with Crippen LogP contribution >= 0.6 is 0 Å². The van der Waals surface area contributed by atoms with Gasteiger partial charge in [0.15, 0.2) is 5.82 Å². The van der Waals surface area contributed by atoms with Crippen molar-refractivity contribution in [3.8, 4) is 11.5 Å². The molecule has 0 aliphatic carbocycles. The Morgan fingerprint density at radius 3 is 2.00 bits per heavy atom. The summed E-state index contributed by atoms with van der Waals surface area (Å²) in [6, 6.07) is 7.99. The van der Waals surface area contributed by atoms with Crippen LogP contribution in [0.3, 0.4) is 0 Å². The Morgan fingerprint density at radius 2 is 1.33 bits per heavy atom. The summed E-state index contributed by atoms with van der Waals surface area (Å²) in [5.41, 5.74) is 2.03. The molecule has 0 N–H and O–H groups in total. The highest BCUT2D eigenvalue weighted by Crippen LogP contribution is 2.14. The van der Waals surface area contributed by atoms with E-state index in [1.807, 2.05) is 12.1 Å². The van der Waals surface area contributed by atoms with Crippen molar-refractivity contribution in [1.82, 2.24) is 15.0 Å². The molecule has 3 heteroatoms. The van der Waals surface area contributed by atoms with E-state index in [1.165, 1.54) is 64.2 Å². The van der Waals surface area contributed by atoms with E-state index in [4.69, 9.17) is 4.98 Å². The maximum atomic E-state index is 4.69. The summed E-state index contributed by atoms with van der Waals surface area (Å²) in [5.74, 6) is 0.711. The number of rotatable bonds is 12. The molecule has 0 spiro atoms. The third-order valence-electron chi connectivity index (χ3n) is 4.39. The van der Waals surface area contributed by atoms with E-state index < -0.39 is 0 Å². The average Bonchev–Trinajstić information content (AvgIpc) is 2.64. The molecule has 0 unspecified atom stereocenters. The van der Waals surface area contributed by atoms with Crippen molar-refractivity contribution in [3.63, 3.8) is 0 Å². The lowest BCUT2D eigenvalue weighted by Crippen LogP contribution is -1.95. The monoisotopic (exact) mass is 325 g/mol. The molecule has 0 fully saturated rings. The van der Waals surface area contributed by atoms with Crippen molar-refractivity contribution in [3.05, 3.63) is 42.4 Å². The Morgan fingerprint density at radius 1 is 0.708 bits per heavy atom. The third-order valence-corrected chi connectivity index (χ3v) is 4.39.